The van der Waals surface area contributed by atoms with Gasteiger partial charge in [0.05, 0.1) is 5.70 Å². The second-order valence-electron chi connectivity index (χ2n) is 2.77. The highest BCUT2D eigenvalue weighted by Gasteiger charge is 2.21. The van der Waals surface area contributed by atoms with Crippen LogP contribution in [-0.4, -0.2) is 22.2 Å². The SMILES string of the molecule is NC(=C(C(=O)O)C(=O)O)c1ccccc1. The van der Waals surface area contributed by atoms with Gasteiger partial charge in [-0.15, -0.1) is 0 Å². The van der Waals surface area contributed by atoms with Gasteiger partial charge >= 0.3 is 11.9 Å². The van der Waals surface area contributed by atoms with Crippen LogP contribution in [0.1, 0.15) is 5.56 Å². The van der Waals surface area contributed by atoms with E-state index in [0.717, 1.165) is 0 Å². The zero-order valence-corrected chi connectivity index (χ0v) is 7.68. The third-order valence-electron chi connectivity index (χ3n) is 1.78. The molecule has 1 aromatic rings. The predicted molar refractivity (Wildman–Crippen MR) is 52.8 cm³/mol. The first kappa shape index (κ1) is 10.8. The third kappa shape index (κ3) is 2.34. The largest absolute Gasteiger partial charge is 0.477 e. The Morgan fingerprint density at radius 2 is 1.47 bits per heavy atom. The summed E-state index contributed by atoms with van der Waals surface area (Å²) < 4.78 is 0. The van der Waals surface area contributed by atoms with Gasteiger partial charge in [0, 0.05) is 0 Å². The van der Waals surface area contributed by atoms with Crippen LogP contribution in [0.4, 0.5) is 0 Å². The third-order valence-corrected chi connectivity index (χ3v) is 1.78. The molecule has 5 nitrogen and oxygen atoms in total. The highest BCUT2D eigenvalue weighted by molar-refractivity contribution is 6.18. The monoisotopic (exact) mass is 207 g/mol. The van der Waals surface area contributed by atoms with E-state index in [1.54, 1.807) is 30.3 Å². The molecule has 0 radical (unpaired) electrons. The lowest BCUT2D eigenvalue weighted by Crippen LogP contribution is -2.17. The summed E-state index contributed by atoms with van der Waals surface area (Å²) in [7, 11) is 0. The van der Waals surface area contributed by atoms with Gasteiger partial charge in [-0.1, -0.05) is 30.3 Å². The van der Waals surface area contributed by atoms with Crippen molar-refractivity contribution in [3.63, 3.8) is 0 Å². The number of carboxylic acid groups (broad SMARTS) is 2. The van der Waals surface area contributed by atoms with Crippen molar-refractivity contribution in [1.82, 2.24) is 0 Å². The van der Waals surface area contributed by atoms with E-state index in [0.29, 0.717) is 5.56 Å². The van der Waals surface area contributed by atoms with Gasteiger partial charge < -0.3 is 15.9 Å². The van der Waals surface area contributed by atoms with E-state index in [2.05, 4.69) is 0 Å². The van der Waals surface area contributed by atoms with E-state index < -0.39 is 17.5 Å². The maximum Gasteiger partial charge on any atom is 0.345 e. The molecule has 0 aliphatic carbocycles. The minimum Gasteiger partial charge on any atom is -0.477 e. The summed E-state index contributed by atoms with van der Waals surface area (Å²) in [4.78, 5) is 21.3. The van der Waals surface area contributed by atoms with Gasteiger partial charge in [0.2, 0.25) is 0 Å². The van der Waals surface area contributed by atoms with Crippen molar-refractivity contribution in [2.24, 2.45) is 5.73 Å². The predicted octanol–water partition coefficient (Wildman–Crippen LogP) is 0.526. The Bertz CT molecular complexity index is 406. The van der Waals surface area contributed by atoms with Crippen molar-refractivity contribution < 1.29 is 19.8 Å². The molecule has 0 saturated heterocycles. The Labute approximate surface area is 85.5 Å². The summed E-state index contributed by atoms with van der Waals surface area (Å²) in [6.07, 6.45) is 0. The van der Waals surface area contributed by atoms with Gasteiger partial charge in [0.1, 0.15) is 0 Å². The van der Waals surface area contributed by atoms with Gasteiger partial charge in [-0.25, -0.2) is 9.59 Å². The van der Waals surface area contributed by atoms with Crippen LogP contribution < -0.4 is 5.73 Å². The van der Waals surface area contributed by atoms with Crippen LogP contribution in [0, 0.1) is 0 Å². The molecule has 0 saturated carbocycles. The van der Waals surface area contributed by atoms with Crippen molar-refractivity contribution in [2.75, 3.05) is 0 Å². The maximum absolute atomic E-state index is 10.6. The maximum atomic E-state index is 10.6. The summed E-state index contributed by atoms with van der Waals surface area (Å²) in [5.41, 5.74) is 4.76. The number of carbonyl (C=O) groups is 2. The van der Waals surface area contributed by atoms with Gasteiger partial charge in [-0.05, 0) is 5.56 Å². The number of hydrogen-bond acceptors (Lipinski definition) is 3. The summed E-state index contributed by atoms with van der Waals surface area (Å²) in [5.74, 6) is -3.10. The average molecular weight is 207 g/mol. The van der Waals surface area contributed by atoms with Crippen LogP contribution in [0.25, 0.3) is 5.70 Å². The lowest BCUT2D eigenvalue weighted by atomic mass is 10.1. The first-order chi connectivity index (χ1) is 7.04. The van der Waals surface area contributed by atoms with Gasteiger partial charge in [0.15, 0.2) is 5.57 Å². The standard InChI is InChI=1S/C10H9NO4/c11-8(6-4-2-1-3-5-6)7(9(12)13)10(14)15/h1-5H,11H2,(H,12,13)(H,14,15). The van der Waals surface area contributed by atoms with E-state index in [1.165, 1.54) is 0 Å². The second kappa shape index (κ2) is 4.28. The first-order valence-corrected chi connectivity index (χ1v) is 4.05. The zero-order valence-electron chi connectivity index (χ0n) is 7.68. The van der Waals surface area contributed by atoms with E-state index in [1.807, 2.05) is 0 Å². The average Bonchev–Trinajstić information content (AvgIpc) is 2.18. The lowest BCUT2D eigenvalue weighted by Gasteiger charge is -2.03. The topological polar surface area (TPSA) is 101 Å². The molecule has 0 bridgehead atoms. The summed E-state index contributed by atoms with van der Waals surface area (Å²) in [6.45, 7) is 0. The highest BCUT2D eigenvalue weighted by Crippen LogP contribution is 2.13. The van der Waals surface area contributed by atoms with Crippen molar-refractivity contribution in [2.45, 2.75) is 0 Å². The van der Waals surface area contributed by atoms with E-state index in [4.69, 9.17) is 15.9 Å². The Morgan fingerprint density at radius 1 is 1.00 bits per heavy atom. The molecule has 0 heterocycles. The van der Waals surface area contributed by atoms with E-state index in [9.17, 15) is 9.59 Å². The normalized spacial score (nSPS) is 9.33. The number of rotatable bonds is 3. The molecule has 78 valence electrons. The van der Waals surface area contributed by atoms with Gasteiger partial charge in [-0.3, -0.25) is 0 Å². The van der Waals surface area contributed by atoms with Crippen molar-refractivity contribution >= 4 is 17.6 Å². The van der Waals surface area contributed by atoms with Crippen molar-refractivity contribution in [3.8, 4) is 0 Å². The van der Waals surface area contributed by atoms with Crippen molar-refractivity contribution in [3.05, 3.63) is 41.5 Å². The molecule has 0 amide bonds. The Hall–Kier alpha value is -2.30. The number of aliphatic carboxylic acids is 2. The fourth-order valence-corrected chi connectivity index (χ4v) is 1.08. The zero-order chi connectivity index (χ0) is 11.4. The first-order valence-electron chi connectivity index (χ1n) is 4.05. The molecule has 1 aromatic carbocycles. The molecule has 0 aliphatic heterocycles. The smallest absolute Gasteiger partial charge is 0.345 e. The summed E-state index contributed by atoms with van der Waals surface area (Å²) in [6, 6.07) is 8.09. The summed E-state index contributed by atoms with van der Waals surface area (Å²) >= 11 is 0. The quantitative estimate of drug-likeness (QED) is 0.381. The molecule has 15 heavy (non-hydrogen) atoms. The van der Waals surface area contributed by atoms with Crippen molar-refractivity contribution in [1.29, 1.82) is 0 Å². The van der Waals surface area contributed by atoms with Crippen LogP contribution in [-0.2, 0) is 9.59 Å². The van der Waals surface area contributed by atoms with Crippen LogP contribution in [0.2, 0.25) is 0 Å². The Kier molecular flexibility index (Phi) is 3.07. The molecule has 0 unspecified atom stereocenters. The van der Waals surface area contributed by atoms with Crippen LogP contribution in [0.3, 0.4) is 0 Å². The lowest BCUT2D eigenvalue weighted by molar-refractivity contribution is -0.140. The Balaban J connectivity index is 3.29. The number of benzene rings is 1. The molecular weight excluding hydrogens is 198 g/mol. The van der Waals surface area contributed by atoms with E-state index >= 15 is 0 Å². The molecule has 5 heteroatoms. The Morgan fingerprint density at radius 3 is 1.87 bits per heavy atom. The molecule has 0 fully saturated rings. The van der Waals surface area contributed by atoms with Gasteiger partial charge in [-0.2, -0.15) is 0 Å². The van der Waals surface area contributed by atoms with E-state index in [-0.39, 0.29) is 5.70 Å². The van der Waals surface area contributed by atoms with Gasteiger partial charge in [0.25, 0.3) is 0 Å². The number of hydrogen-bond donors (Lipinski definition) is 3. The molecule has 0 aromatic heterocycles. The van der Waals surface area contributed by atoms with Crippen LogP contribution in [0.15, 0.2) is 35.9 Å². The fourth-order valence-electron chi connectivity index (χ4n) is 1.08. The molecule has 1 rings (SSSR count). The number of nitrogens with two attached hydrogens (primary N) is 1. The molecule has 0 spiro atoms. The minimum absolute atomic E-state index is 0.254. The summed E-state index contributed by atoms with van der Waals surface area (Å²) in [5, 5.41) is 17.3. The minimum atomic E-state index is -1.55. The highest BCUT2D eigenvalue weighted by atomic mass is 16.4. The molecule has 0 aliphatic rings. The molecule has 0 atom stereocenters. The van der Waals surface area contributed by atoms with Crippen LogP contribution >= 0.6 is 0 Å². The second-order valence-corrected chi connectivity index (χ2v) is 2.77. The molecular formula is C10H9NO4. The fraction of sp³-hybridized carbons (Fsp3) is 0. The number of carboxylic acids is 2. The van der Waals surface area contributed by atoms with Crippen LogP contribution in [0.5, 0.6) is 0 Å². The molecule has 4 N–H and O–H groups in total.